The maximum atomic E-state index is 4.25. The van der Waals surface area contributed by atoms with Crippen LogP contribution in [0, 0.1) is 5.92 Å². The maximum Gasteiger partial charge on any atom is 0.0522 e. The summed E-state index contributed by atoms with van der Waals surface area (Å²) < 4.78 is 1.89. The molecular weight excluding hydrogens is 236 g/mol. The summed E-state index contributed by atoms with van der Waals surface area (Å²) in [4.78, 5) is 2.66. The fourth-order valence-electron chi connectivity index (χ4n) is 2.88. The molecule has 0 amide bonds. The summed E-state index contributed by atoms with van der Waals surface area (Å²) in [6, 6.07) is 1.32. The van der Waals surface area contributed by atoms with E-state index in [0.717, 1.165) is 19.5 Å². The average molecular weight is 264 g/mol. The van der Waals surface area contributed by atoms with Crippen LogP contribution < -0.4 is 5.32 Å². The van der Waals surface area contributed by atoms with Gasteiger partial charge < -0.3 is 5.32 Å². The van der Waals surface area contributed by atoms with Crippen molar-refractivity contribution in [3.63, 3.8) is 0 Å². The van der Waals surface area contributed by atoms with Crippen molar-refractivity contribution < 1.29 is 0 Å². The highest BCUT2D eigenvalue weighted by Crippen LogP contribution is 2.15. The number of hydrogen-bond donors (Lipinski definition) is 1. The van der Waals surface area contributed by atoms with Gasteiger partial charge in [-0.05, 0) is 24.3 Å². The van der Waals surface area contributed by atoms with Crippen LogP contribution in [-0.2, 0) is 13.5 Å². The molecule has 2 unspecified atom stereocenters. The Balaban J connectivity index is 1.91. The van der Waals surface area contributed by atoms with Crippen molar-refractivity contribution in [2.24, 2.45) is 13.0 Å². The van der Waals surface area contributed by atoms with Gasteiger partial charge in [0, 0.05) is 45.0 Å². The van der Waals surface area contributed by atoms with Crippen LogP contribution in [0.4, 0.5) is 0 Å². The zero-order valence-electron chi connectivity index (χ0n) is 12.8. The molecule has 0 aromatic carbocycles. The third-order valence-electron chi connectivity index (χ3n) is 4.29. The molecule has 2 heterocycles. The molecule has 0 aliphatic carbocycles. The van der Waals surface area contributed by atoms with E-state index in [1.807, 2.05) is 17.9 Å². The summed E-state index contributed by atoms with van der Waals surface area (Å²) in [6.07, 6.45) is 6.45. The Morgan fingerprint density at radius 2 is 2.26 bits per heavy atom. The maximum absolute atomic E-state index is 4.25. The van der Waals surface area contributed by atoms with Crippen molar-refractivity contribution >= 4 is 0 Å². The molecule has 1 aromatic heterocycles. The smallest absolute Gasteiger partial charge is 0.0522 e. The Bertz CT molecular complexity index is 385. The molecule has 1 N–H and O–H groups in total. The van der Waals surface area contributed by atoms with Gasteiger partial charge in [0.1, 0.15) is 0 Å². The van der Waals surface area contributed by atoms with E-state index in [9.17, 15) is 0 Å². The highest BCUT2D eigenvalue weighted by atomic mass is 15.2. The van der Waals surface area contributed by atoms with E-state index in [-0.39, 0.29) is 0 Å². The second kappa shape index (κ2) is 6.53. The molecule has 0 spiro atoms. The highest BCUT2D eigenvalue weighted by Gasteiger charge is 2.27. The fourth-order valence-corrected chi connectivity index (χ4v) is 2.88. The van der Waals surface area contributed by atoms with E-state index in [4.69, 9.17) is 0 Å². The largest absolute Gasteiger partial charge is 0.311 e. The molecule has 1 aliphatic rings. The summed E-state index contributed by atoms with van der Waals surface area (Å²) >= 11 is 0. The Kier molecular flexibility index (Phi) is 4.99. The van der Waals surface area contributed by atoms with E-state index in [1.54, 1.807) is 0 Å². The molecule has 2 atom stereocenters. The Hall–Kier alpha value is -0.870. The fraction of sp³-hybridized carbons (Fsp3) is 0.800. The lowest BCUT2D eigenvalue weighted by atomic mass is 9.98. The van der Waals surface area contributed by atoms with Crippen molar-refractivity contribution in [3.8, 4) is 0 Å². The van der Waals surface area contributed by atoms with Crippen LogP contribution in [0.25, 0.3) is 0 Å². The van der Waals surface area contributed by atoms with E-state index in [2.05, 4.69) is 42.3 Å². The van der Waals surface area contributed by atoms with Crippen LogP contribution in [0.5, 0.6) is 0 Å². The first-order chi connectivity index (χ1) is 9.10. The second-order valence-corrected chi connectivity index (χ2v) is 6.09. The topological polar surface area (TPSA) is 33.1 Å². The van der Waals surface area contributed by atoms with Crippen LogP contribution in [0.3, 0.4) is 0 Å². The van der Waals surface area contributed by atoms with Crippen LogP contribution in [0.2, 0.25) is 0 Å². The van der Waals surface area contributed by atoms with Crippen molar-refractivity contribution in [1.29, 1.82) is 0 Å². The number of aromatic nitrogens is 2. The lowest BCUT2D eigenvalue weighted by Gasteiger charge is -2.41. The number of piperazine rings is 1. The third kappa shape index (κ3) is 3.80. The molecule has 2 rings (SSSR count). The molecule has 4 heteroatoms. The Morgan fingerprint density at radius 1 is 1.47 bits per heavy atom. The average Bonchev–Trinajstić information content (AvgIpc) is 2.81. The molecule has 1 aliphatic heterocycles. The van der Waals surface area contributed by atoms with Gasteiger partial charge in [-0.3, -0.25) is 9.58 Å². The standard InChI is InChI=1S/C15H28N4/c1-5-14-9-16-15(12(2)3)11-19(14)7-6-13-8-17-18(4)10-13/h8,10,12,14-16H,5-7,9,11H2,1-4H3. The van der Waals surface area contributed by atoms with E-state index >= 15 is 0 Å². The zero-order valence-corrected chi connectivity index (χ0v) is 12.8. The summed E-state index contributed by atoms with van der Waals surface area (Å²) in [5, 5.41) is 7.94. The van der Waals surface area contributed by atoms with Gasteiger partial charge in [0.25, 0.3) is 0 Å². The van der Waals surface area contributed by atoms with Crippen LogP contribution in [0.15, 0.2) is 12.4 Å². The minimum Gasteiger partial charge on any atom is -0.311 e. The normalized spacial score (nSPS) is 25.1. The predicted octanol–water partition coefficient (Wildman–Crippen LogP) is 1.67. The molecule has 0 bridgehead atoms. The summed E-state index contributed by atoms with van der Waals surface area (Å²) in [5.74, 6) is 0.707. The number of aryl methyl sites for hydroxylation is 1. The van der Waals surface area contributed by atoms with Crippen molar-refractivity contribution in [2.45, 2.75) is 45.7 Å². The molecule has 4 nitrogen and oxygen atoms in total. The summed E-state index contributed by atoms with van der Waals surface area (Å²) in [5.41, 5.74) is 1.34. The molecule has 0 saturated carbocycles. The third-order valence-corrected chi connectivity index (χ3v) is 4.29. The minimum absolute atomic E-state index is 0.636. The van der Waals surface area contributed by atoms with Crippen LogP contribution in [-0.4, -0.2) is 46.4 Å². The first-order valence-electron chi connectivity index (χ1n) is 7.55. The predicted molar refractivity (Wildman–Crippen MR) is 79.2 cm³/mol. The van der Waals surface area contributed by atoms with Crippen molar-refractivity contribution in [1.82, 2.24) is 20.0 Å². The SMILES string of the molecule is CCC1CNC(C(C)C)CN1CCc1cnn(C)c1. The van der Waals surface area contributed by atoms with E-state index in [1.165, 1.54) is 18.5 Å². The van der Waals surface area contributed by atoms with Crippen LogP contribution >= 0.6 is 0 Å². The molecule has 108 valence electrons. The second-order valence-electron chi connectivity index (χ2n) is 6.09. The van der Waals surface area contributed by atoms with Gasteiger partial charge in [-0.2, -0.15) is 5.10 Å². The van der Waals surface area contributed by atoms with Crippen LogP contribution in [0.1, 0.15) is 32.8 Å². The number of rotatable bonds is 5. The van der Waals surface area contributed by atoms with Gasteiger partial charge in [0.2, 0.25) is 0 Å². The monoisotopic (exact) mass is 264 g/mol. The van der Waals surface area contributed by atoms with Crippen molar-refractivity contribution in [2.75, 3.05) is 19.6 Å². The Labute approximate surface area is 117 Å². The number of nitrogens with zero attached hydrogens (tertiary/aromatic N) is 3. The van der Waals surface area contributed by atoms with Gasteiger partial charge in [-0.15, -0.1) is 0 Å². The van der Waals surface area contributed by atoms with E-state index < -0.39 is 0 Å². The molecular formula is C15H28N4. The summed E-state index contributed by atoms with van der Waals surface area (Å²) in [7, 11) is 1.98. The lowest BCUT2D eigenvalue weighted by molar-refractivity contribution is 0.112. The minimum atomic E-state index is 0.636. The number of hydrogen-bond acceptors (Lipinski definition) is 3. The zero-order chi connectivity index (χ0) is 13.8. The van der Waals surface area contributed by atoms with Crippen molar-refractivity contribution in [3.05, 3.63) is 18.0 Å². The van der Waals surface area contributed by atoms with Gasteiger partial charge in [-0.25, -0.2) is 0 Å². The molecule has 0 radical (unpaired) electrons. The van der Waals surface area contributed by atoms with Gasteiger partial charge >= 0.3 is 0 Å². The summed E-state index contributed by atoms with van der Waals surface area (Å²) in [6.45, 7) is 10.4. The van der Waals surface area contributed by atoms with Gasteiger partial charge in [-0.1, -0.05) is 20.8 Å². The van der Waals surface area contributed by atoms with E-state index in [0.29, 0.717) is 18.0 Å². The molecule has 1 fully saturated rings. The van der Waals surface area contributed by atoms with Gasteiger partial charge in [0.05, 0.1) is 6.20 Å². The Morgan fingerprint density at radius 3 is 2.84 bits per heavy atom. The molecule has 1 aromatic rings. The first kappa shape index (κ1) is 14.5. The first-order valence-corrected chi connectivity index (χ1v) is 7.55. The molecule has 19 heavy (non-hydrogen) atoms. The number of nitrogens with one attached hydrogen (secondary N) is 1. The lowest BCUT2D eigenvalue weighted by Crippen LogP contribution is -2.58. The van der Waals surface area contributed by atoms with Gasteiger partial charge in [0.15, 0.2) is 0 Å². The molecule has 1 saturated heterocycles. The highest BCUT2D eigenvalue weighted by molar-refractivity contribution is 5.04. The quantitative estimate of drug-likeness (QED) is 0.878.